The fraction of sp³-hybridized carbons (Fsp3) is 0.750. The molecule has 2 aliphatic carbocycles. The Bertz CT molecular complexity index is 411. The first kappa shape index (κ1) is 12.7. The summed E-state index contributed by atoms with van der Waals surface area (Å²) in [5.74, 6) is 3.00. The molecule has 1 heterocycles. The Morgan fingerprint density at radius 1 is 1.28 bits per heavy atom. The highest BCUT2D eigenvalue weighted by Gasteiger charge is 2.54. The molecule has 1 N–H and O–H groups in total. The van der Waals surface area contributed by atoms with Crippen LogP contribution in [-0.4, -0.2) is 6.54 Å². The molecule has 2 aliphatic rings. The molecule has 0 bridgehead atoms. The minimum atomic E-state index is 0.641. The highest BCUT2D eigenvalue weighted by atomic mass is 32.1. The number of nitrogens with one attached hydrogen (secondary N) is 1. The molecule has 100 valence electrons. The summed E-state index contributed by atoms with van der Waals surface area (Å²) in [5, 5.41) is 3.78. The number of thiophene rings is 1. The van der Waals surface area contributed by atoms with Gasteiger partial charge in [-0.2, -0.15) is 0 Å². The van der Waals surface area contributed by atoms with E-state index in [1.165, 1.54) is 36.1 Å². The van der Waals surface area contributed by atoms with Crippen LogP contribution in [0.5, 0.6) is 0 Å². The summed E-state index contributed by atoms with van der Waals surface area (Å²) >= 11 is 2.01. The van der Waals surface area contributed by atoms with E-state index in [1.807, 2.05) is 11.3 Å². The maximum absolute atomic E-state index is 3.78. The zero-order chi connectivity index (χ0) is 12.7. The normalized spacial score (nSPS) is 32.1. The minimum Gasteiger partial charge on any atom is -0.309 e. The van der Waals surface area contributed by atoms with Gasteiger partial charge in [0, 0.05) is 15.8 Å². The maximum atomic E-state index is 3.78. The van der Waals surface area contributed by atoms with Gasteiger partial charge in [0.15, 0.2) is 0 Å². The van der Waals surface area contributed by atoms with Crippen LogP contribution in [0, 0.1) is 31.6 Å². The van der Waals surface area contributed by atoms with Gasteiger partial charge in [0.2, 0.25) is 0 Å². The first-order chi connectivity index (χ1) is 8.72. The molecular weight excluding hydrogens is 238 g/mol. The van der Waals surface area contributed by atoms with Crippen LogP contribution in [0.25, 0.3) is 0 Å². The average molecular weight is 263 g/mol. The van der Waals surface area contributed by atoms with Crippen molar-refractivity contribution in [1.29, 1.82) is 0 Å². The Hall–Kier alpha value is -0.340. The van der Waals surface area contributed by atoms with Gasteiger partial charge in [-0.3, -0.25) is 0 Å². The monoisotopic (exact) mass is 263 g/mol. The van der Waals surface area contributed by atoms with Gasteiger partial charge < -0.3 is 5.32 Å². The molecule has 2 saturated carbocycles. The number of fused-ring (bicyclic) bond motifs is 1. The van der Waals surface area contributed by atoms with Crippen LogP contribution in [0.1, 0.15) is 54.0 Å². The van der Waals surface area contributed by atoms with Crippen LogP contribution < -0.4 is 5.32 Å². The fourth-order valence-corrected chi connectivity index (χ4v) is 5.30. The molecule has 3 unspecified atom stereocenters. The third-order valence-corrected chi connectivity index (χ3v) is 6.13. The van der Waals surface area contributed by atoms with Crippen LogP contribution in [0.15, 0.2) is 6.07 Å². The van der Waals surface area contributed by atoms with Crippen molar-refractivity contribution in [2.24, 2.45) is 17.8 Å². The highest BCUT2D eigenvalue weighted by Crippen LogP contribution is 2.61. The highest BCUT2D eigenvalue weighted by molar-refractivity contribution is 7.12. The molecule has 1 nitrogen and oxygen atoms in total. The van der Waals surface area contributed by atoms with Crippen LogP contribution in [0.3, 0.4) is 0 Å². The fourth-order valence-electron chi connectivity index (χ4n) is 4.13. The van der Waals surface area contributed by atoms with Crippen molar-refractivity contribution in [3.8, 4) is 0 Å². The van der Waals surface area contributed by atoms with Crippen LogP contribution in [-0.2, 0) is 0 Å². The Labute approximate surface area is 115 Å². The van der Waals surface area contributed by atoms with E-state index >= 15 is 0 Å². The van der Waals surface area contributed by atoms with Crippen molar-refractivity contribution in [2.75, 3.05) is 6.54 Å². The predicted molar refractivity (Wildman–Crippen MR) is 79.1 cm³/mol. The molecule has 3 rings (SSSR count). The molecule has 0 spiro atoms. The zero-order valence-electron chi connectivity index (χ0n) is 11.8. The smallest absolute Gasteiger partial charge is 0.0451 e. The van der Waals surface area contributed by atoms with E-state index < -0.39 is 0 Å². The van der Waals surface area contributed by atoms with Crippen molar-refractivity contribution in [2.45, 2.75) is 52.5 Å². The van der Waals surface area contributed by atoms with Crippen LogP contribution in [0.4, 0.5) is 0 Å². The second-order valence-electron chi connectivity index (χ2n) is 6.13. The Morgan fingerprint density at radius 2 is 1.94 bits per heavy atom. The van der Waals surface area contributed by atoms with Crippen molar-refractivity contribution in [1.82, 2.24) is 5.32 Å². The number of hydrogen-bond acceptors (Lipinski definition) is 2. The summed E-state index contributed by atoms with van der Waals surface area (Å²) < 4.78 is 0. The third kappa shape index (κ3) is 2.14. The first-order valence-electron chi connectivity index (χ1n) is 7.52. The van der Waals surface area contributed by atoms with E-state index in [-0.39, 0.29) is 0 Å². The van der Waals surface area contributed by atoms with Gasteiger partial charge >= 0.3 is 0 Å². The van der Waals surface area contributed by atoms with E-state index in [2.05, 4.69) is 32.2 Å². The topological polar surface area (TPSA) is 12.0 Å². The second kappa shape index (κ2) is 4.97. The largest absolute Gasteiger partial charge is 0.309 e. The van der Waals surface area contributed by atoms with Gasteiger partial charge in [0.1, 0.15) is 0 Å². The predicted octanol–water partition coefficient (Wildman–Crippen LogP) is 4.45. The van der Waals surface area contributed by atoms with E-state index in [1.54, 1.807) is 4.88 Å². The van der Waals surface area contributed by atoms with Gasteiger partial charge in [-0.05, 0) is 62.6 Å². The average Bonchev–Trinajstić information content (AvgIpc) is 2.98. The lowest BCUT2D eigenvalue weighted by molar-refractivity contribution is 0.462. The summed E-state index contributed by atoms with van der Waals surface area (Å²) in [4.78, 5) is 3.09. The SMILES string of the molecule is CCNC(c1sc(C)cc1C)C1C2CCCCC21. The minimum absolute atomic E-state index is 0.641. The molecular formula is C16H25NS. The van der Waals surface area contributed by atoms with Crippen molar-refractivity contribution in [3.05, 3.63) is 21.4 Å². The van der Waals surface area contributed by atoms with Gasteiger partial charge in [-0.15, -0.1) is 11.3 Å². The summed E-state index contributed by atoms with van der Waals surface area (Å²) in [5.41, 5.74) is 1.51. The van der Waals surface area contributed by atoms with Gasteiger partial charge in [0.25, 0.3) is 0 Å². The molecule has 1 aromatic heterocycles. The summed E-state index contributed by atoms with van der Waals surface area (Å²) in [7, 11) is 0. The van der Waals surface area contributed by atoms with E-state index in [0.717, 1.165) is 24.3 Å². The van der Waals surface area contributed by atoms with Gasteiger partial charge in [-0.1, -0.05) is 19.8 Å². The lowest BCUT2D eigenvalue weighted by Crippen LogP contribution is -2.23. The van der Waals surface area contributed by atoms with Crippen molar-refractivity contribution >= 4 is 11.3 Å². The standard InChI is InChI=1S/C16H25NS/c1-4-17-15(16-10(2)9-11(3)18-16)14-12-7-5-6-8-13(12)14/h9,12-15,17H,4-8H2,1-3H3. The van der Waals surface area contributed by atoms with Gasteiger partial charge in [0.05, 0.1) is 0 Å². The molecule has 18 heavy (non-hydrogen) atoms. The Balaban J connectivity index is 1.82. The number of rotatable bonds is 4. The molecule has 1 aromatic rings. The summed E-state index contributed by atoms with van der Waals surface area (Å²) in [6.07, 6.45) is 5.92. The first-order valence-corrected chi connectivity index (χ1v) is 8.34. The molecule has 2 fully saturated rings. The quantitative estimate of drug-likeness (QED) is 0.846. The lowest BCUT2D eigenvalue weighted by atomic mass is 10.0. The second-order valence-corrected chi connectivity index (χ2v) is 7.42. The number of hydrogen-bond donors (Lipinski definition) is 1. The van der Waals surface area contributed by atoms with Crippen molar-refractivity contribution in [3.63, 3.8) is 0 Å². The van der Waals surface area contributed by atoms with E-state index in [4.69, 9.17) is 0 Å². The molecule has 2 heteroatoms. The molecule has 0 aliphatic heterocycles. The Kier molecular flexibility index (Phi) is 3.50. The van der Waals surface area contributed by atoms with Gasteiger partial charge in [-0.25, -0.2) is 0 Å². The van der Waals surface area contributed by atoms with E-state index in [9.17, 15) is 0 Å². The summed E-state index contributed by atoms with van der Waals surface area (Å²) in [6.45, 7) is 7.87. The molecule has 0 aromatic carbocycles. The summed E-state index contributed by atoms with van der Waals surface area (Å²) in [6, 6.07) is 3.00. The molecule has 0 saturated heterocycles. The lowest BCUT2D eigenvalue weighted by Gasteiger charge is -2.18. The van der Waals surface area contributed by atoms with Crippen LogP contribution >= 0.6 is 11.3 Å². The van der Waals surface area contributed by atoms with Crippen molar-refractivity contribution < 1.29 is 0 Å². The third-order valence-electron chi connectivity index (χ3n) is 4.89. The molecule has 0 amide bonds. The maximum Gasteiger partial charge on any atom is 0.0451 e. The molecule has 3 atom stereocenters. The van der Waals surface area contributed by atoms with Crippen LogP contribution in [0.2, 0.25) is 0 Å². The Morgan fingerprint density at radius 3 is 2.44 bits per heavy atom. The number of aryl methyl sites for hydroxylation is 2. The molecule has 0 radical (unpaired) electrons. The zero-order valence-corrected chi connectivity index (χ0v) is 12.6. The van der Waals surface area contributed by atoms with E-state index in [0.29, 0.717) is 6.04 Å².